The first-order valence-corrected chi connectivity index (χ1v) is 9.29. The van der Waals surface area contributed by atoms with E-state index in [1.54, 1.807) is 4.90 Å². The van der Waals surface area contributed by atoms with Crippen LogP contribution in [0.25, 0.3) is 0 Å². The van der Waals surface area contributed by atoms with Crippen LogP contribution in [0.5, 0.6) is 0 Å². The quantitative estimate of drug-likeness (QED) is 0.890. The predicted molar refractivity (Wildman–Crippen MR) is 97.7 cm³/mol. The molecule has 0 aromatic carbocycles. The molecule has 1 N–H and O–H groups in total. The summed E-state index contributed by atoms with van der Waals surface area (Å²) in [5, 5.41) is 3.36. The van der Waals surface area contributed by atoms with Crippen molar-refractivity contribution in [2.24, 2.45) is 0 Å². The zero-order valence-corrected chi connectivity index (χ0v) is 16.0. The average Bonchev–Trinajstić information content (AvgIpc) is 2.86. The largest absolute Gasteiger partial charge is 0.312 e. The van der Waals surface area contributed by atoms with E-state index in [0.717, 1.165) is 25.2 Å². The highest BCUT2D eigenvalue weighted by Crippen LogP contribution is 2.42. The number of hydrogen-bond donors (Lipinski definition) is 1. The van der Waals surface area contributed by atoms with Gasteiger partial charge in [-0.2, -0.15) is 8.78 Å². The second kappa shape index (κ2) is 6.85. The van der Waals surface area contributed by atoms with Gasteiger partial charge in [0.05, 0.1) is 12.2 Å². The Kier molecular flexibility index (Phi) is 5.05. The van der Waals surface area contributed by atoms with Gasteiger partial charge < -0.3 is 10.2 Å². The van der Waals surface area contributed by atoms with Crippen molar-refractivity contribution >= 4 is 11.6 Å². The lowest BCUT2D eigenvalue weighted by Gasteiger charge is -2.32. The van der Waals surface area contributed by atoms with Crippen LogP contribution in [0.3, 0.4) is 0 Å². The first-order chi connectivity index (χ1) is 12.1. The number of halogens is 2. The lowest BCUT2D eigenvalue weighted by Crippen LogP contribution is -2.52. The third-order valence-electron chi connectivity index (χ3n) is 5.39. The zero-order valence-electron chi connectivity index (χ0n) is 16.0. The molecule has 26 heavy (non-hydrogen) atoms. The van der Waals surface area contributed by atoms with Crippen LogP contribution < -0.4 is 10.2 Å². The van der Waals surface area contributed by atoms with Crippen LogP contribution in [-0.2, 0) is 16.1 Å². The van der Waals surface area contributed by atoms with Crippen molar-refractivity contribution in [3.8, 4) is 0 Å². The fraction of sp³-hybridized carbons (Fsp3) is 0.684. The van der Waals surface area contributed by atoms with Crippen LogP contribution in [0.4, 0.5) is 14.5 Å². The maximum Gasteiger partial charge on any atom is 0.289 e. The molecule has 3 rings (SSSR count). The Labute approximate surface area is 153 Å². The topological polar surface area (TPSA) is 48.5 Å². The van der Waals surface area contributed by atoms with Gasteiger partial charge in [-0.05, 0) is 13.0 Å². The summed E-state index contributed by atoms with van der Waals surface area (Å²) < 4.78 is 28.2. The third-order valence-corrected chi connectivity index (χ3v) is 5.39. The van der Waals surface area contributed by atoms with Gasteiger partial charge in [-0.25, -0.2) is 0 Å². The first-order valence-electron chi connectivity index (χ1n) is 9.29. The van der Waals surface area contributed by atoms with Gasteiger partial charge in [-0.1, -0.05) is 20.8 Å². The highest BCUT2D eigenvalue weighted by atomic mass is 19.3. The normalized spacial score (nSPS) is 23.2. The van der Waals surface area contributed by atoms with E-state index in [2.05, 4.69) is 22.1 Å². The minimum absolute atomic E-state index is 0.0390. The molecule has 1 aromatic rings. The van der Waals surface area contributed by atoms with Crippen molar-refractivity contribution in [1.29, 1.82) is 0 Å². The molecule has 1 atom stereocenters. The van der Waals surface area contributed by atoms with E-state index < -0.39 is 5.92 Å². The highest BCUT2D eigenvalue weighted by molar-refractivity contribution is 5.97. The lowest BCUT2D eigenvalue weighted by atomic mass is 9.88. The van der Waals surface area contributed by atoms with E-state index in [1.165, 1.54) is 19.2 Å². The summed E-state index contributed by atoms with van der Waals surface area (Å²) in [6, 6.07) is 1.75. The molecule has 1 aromatic heterocycles. The summed E-state index contributed by atoms with van der Waals surface area (Å²) in [5.41, 5.74) is 0.885. The number of amides is 1. The van der Waals surface area contributed by atoms with Crippen molar-refractivity contribution < 1.29 is 13.6 Å². The molecule has 0 saturated carbocycles. The smallest absolute Gasteiger partial charge is 0.289 e. The fourth-order valence-electron chi connectivity index (χ4n) is 3.79. The van der Waals surface area contributed by atoms with Crippen LogP contribution in [0, 0.1) is 0 Å². The number of fused-ring (bicyclic) bond motifs is 1. The predicted octanol–water partition coefficient (Wildman–Crippen LogP) is 2.50. The number of carbonyl (C=O) groups excluding carboxylic acids is 1. The lowest BCUT2D eigenvalue weighted by molar-refractivity contribution is -0.120. The summed E-state index contributed by atoms with van der Waals surface area (Å²) in [4.78, 5) is 20.7. The molecule has 7 heteroatoms. The summed E-state index contributed by atoms with van der Waals surface area (Å²) in [5.74, 6) is -3.02. The number of pyridine rings is 1. The molecular weight excluding hydrogens is 338 g/mol. The van der Waals surface area contributed by atoms with E-state index in [-0.39, 0.29) is 23.4 Å². The van der Waals surface area contributed by atoms with Gasteiger partial charge >= 0.3 is 0 Å². The van der Waals surface area contributed by atoms with Crippen LogP contribution in [0.1, 0.15) is 45.4 Å². The van der Waals surface area contributed by atoms with Crippen molar-refractivity contribution in [3.05, 3.63) is 23.5 Å². The fourth-order valence-corrected chi connectivity index (χ4v) is 3.79. The van der Waals surface area contributed by atoms with Crippen molar-refractivity contribution in [1.82, 2.24) is 15.2 Å². The van der Waals surface area contributed by atoms with Gasteiger partial charge in [0.2, 0.25) is 5.91 Å². The van der Waals surface area contributed by atoms with Crippen LogP contribution in [0.15, 0.2) is 12.3 Å². The number of aromatic nitrogens is 1. The average molecular weight is 366 g/mol. The third kappa shape index (κ3) is 3.60. The van der Waals surface area contributed by atoms with E-state index in [0.29, 0.717) is 24.8 Å². The molecule has 0 bridgehead atoms. The SMILES string of the molecule is CCC(F)(F)c1cc2c(cn1)C(C)(C)CN2C(=O)CN1CCNC(C)C1. The van der Waals surface area contributed by atoms with Gasteiger partial charge in [0.1, 0.15) is 5.69 Å². The van der Waals surface area contributed by atoms with E-state index >= 15 is 0 Å². The van der Waals surface area contributed by atoms with Gasteiger partial charge in [0.25, 0.3) is 5.92 Å². The van der Waals surface area contributed by atoms with Gasteiger partial charge in [0.15, 0.2) is 0 Å². The molecule has 3 heterocycles. The monoisotopic (exact) mass is 366 g/mol. The standard InChI is InChI=1S/C19H28F2N4O/c1-5-19(20,21)16-8-15-14(9-23-16)18(3,4)12-25(15)17(26)11-24-7-6-22-13(2)10-24/h8-9,13,22H,5-7,10-12H2,1-4H3. The molecular formula is C19H28F2N4O. The molecule has 0 aliphatic carbocycles. The van der Waals surface area contributed by atoms with E-state index in [4.69, 9.17) is 0 Å². The Morgan fingerprint density at radius 3 is 2.85 bits per heavy atom. The number of hydrogen-bond acceptors (Lipinski definition) is 4. The number of carbonyl (C=O) groups is 1. The summed E-state index contributed by atoms with van der Waals surface area (Å²) in [7, 11) is 0. The Morgan fingerprint density at radius 2 is 2.19 bits per heavy atom. The number of nitrogens with one attached hydrogen (secondary N) is 1. The second-order valence-corrected chi connectivity index (χ2v) is 8.10. The molecule has 5 nitrogen and oxygen atoms in total. The number of rotatable bonds is 4. The maximum atomic E-state index is 14.1. The molecule has 1 unspecified atom stereocenters. The molecule has 1 amide bonds. The van der Waals surface area contributed by atoms with Crippen molar-refractivity contribution in [2.75, 3.05) is 37.6 Å². The van der Waals surface area contributed by atoms with E-state index in [9.17, 15) is 13.6 Å². The molecule has 144 valence electrons. The van der Waals surface area contributed by atoms with Crippen molar-refractivity contribution in [3.63, 3.8) is 0 Å². The van der Waals surface area contributed by atoms with Gasteiger partial charge in [-0.3, -0.25) is 14.7 Å². The molecule has 1 saturated heterocycles. The number of anilines is 1. The van der Waals surface area contributed by atoms with E-state index in [1.807, 2.05) is 13.8 Å². The maximum absolute atomic E-state index is 14.1. The first kappa shape index (κ1) is 19.2. The van der Waals surface area contributed by atoms with Crippen LogP contribution >= 0.6 is 0 Å². The minimum Gasteiger partial charge on any atom is -0.312 e. The number of piperazine rings is 1. The van der Waals surface area contributed by atoms with Crippen LogP contribution in [-0.4, -0.2) is 54.6 Å². The molecule has 1 fully saturated rings. The summed E-state index contributed by atoms with van der Waals surface area (Å²) in [6.07, 6.45) is 1.21. The van der Waals surface area contributed by atoms with Crippen molar-refractivity contribution in [2.45, 2.75) is 51.5 Å². The zero-order chi connectivity index (χ0) is 19.1. The Hall–Kier alpha value is -1.60. The molecule has 0 spiro atoms. The second-order valence-electron chi connectivity index (χ2n) is 8.10. The Morgan fingerprint density at radius 1 is 1.46 bits per heavy atom. The molecule has 0 radical (unpaired) electrons. The minimum atomic E-state index is -2.98. The van der Waals surface area contributed by atoms with Gasteiger partial charge in [-0.15, -0.1) is 0 Å². The molecule has 2 aliphatic heterocycles. The Bertz CT molecular complexity index is 692. The number of nitrogens with zero attached hydrogens (tertiary/aromatic N) is 3. The molecule has 2 aliphatic rings. The number of alkyl halides is 2. The highest BCUT2D eigenvalue weighted by Gasteiger charge is 2.41. The Balaban J connectivity index is 1.86. The summed E-state index contributed by atoms with van der Waals surface area (Å²) >= 11 is 0. The van der Waals surface area contributed by atoms with Crippen LogP contribution in [0.2, 0.25) is 0 Å². The van der Waals surface area contributed by atoms with Gasteiger partial charge in [0, 0.05) is 55.8 Å². The summed E-state index contributed by atoms with van der Waals surface area (Å²) in [6.45, 7) is 10.9.